The van der Waals surface area contributed by atoms with Gasteiger partial charge < -0.3 is 14.6 Å². The predicted octanol–water partition coefficient (Wildman–Crippen LogP) is 4.77. The van der Waals surface area contributed by atoms with Gasteiger partial charge in [-0.15, -0.1) is 0 Å². The lowest BCUT2D eigenvalue weighted by Gasteiger charge is -2.11. The molecule has 1 amide bonds. The van der Waals surface area contributed by atoms with Crippen LogP contribution in [0.3, 0.4) is 0 Å². The number of para-hydroxylation sites is 1. The minimum Gasteiger partial charge on any atom is -0.460 e. The van der Waals surface area contributed by atoms with Crippen LogP contribution >= 0.6 is 0 Å². The summed E-state index contributed by atoms with van der Waals surface area (Å²) in [4.78, 5) is 15.1. The van der Waals surface area contributed by atoms with Gasteiger partial charge in [0.1, 0.15) is 11.3 Å². The van der Waals surface area contributed by atoms with E-state index in [0.717, 1.165) is 48.1 Å². The Hall–Kier alpha value is -2.59. The zero-order chi connectivity index (χ0) is 19.2. The third-order valence-electron chi connectivity index (χ3n) is 4.60. The zero-order valence-corrected chi connectivity index (χ0v) is 16.4. The fraction of sp³-hybridized carbons (Fsp3) is 0.348. The summed E-state index contributed by atoms with van der Waals surface area (Å²) in [6.45, 7) is 3.53. The van der Waals surface area contributed by atoms with Crippen molar-refractivity contribution in [3.63, 3.8) is 0 Å². The van der Waals surface area contributed by atoms with Gasteiger partial charge in [-0.25, -0.2) is 0 Å². The molecule has 3 rings (SSSR count). The van der Waals surface area contributed by atoms with Crippen LogP contribution in [0.15, 0.2) is 52.9 Å². The van der Waals surface area contributed by atoms with Crippen LogP contribution in [-0.2, 0) is 19.5 Å². The van der Waals surface area contributed by atoms with Crippen molar-refractivity contribution in [3.05, 3.63) is 71.0 Å². The van der Waals surface area contributed by atoms with E-state index in [0.29, 0.717) is 12.1 Å². The van der Waals surface area contributed by atoms with Gasteiger partial charge in [-0.3, -0.25) is 4.79 Å². The van der Waals surface area contributed by atoms with E-state index in [4.69, 9.17) is 4.42 Å². The Morgan fingerprint density at radius 3 is 2.63 bits per heavy atom. The molecule has 1 heterocycles. The molecule has 142 valence electrons. The Labute approximate surface area is 161 Å². The van der Waals surface area contributed by atoms with Gasteiger partial charge in [-0.1, -0.05) is 55.8 Å². The molecule has 0 aliphatic rings. The molecule has 0 saturated carbocycles. The van der Waals surface area contributed by atoms with E-state index < -0.39 is 0 Å². The Morgan fingerprint density at radius 1 is 1.07 bits per heavy atom. The normalized spacial score (nSPS) is 11.3. The number of nitrogens with zero attached hydrogens (tertiary/aromatic N) is 1. The van der Waals surface area contributed by atoms with E-state index in [1.165, 1.54) is 5.56 Å². The molecule has 0 radical (unpaired) electrons. The van der Waals surface area contributed by atoms with Crippen LogP contribution in [0.2, 0.25) is 0 Å². The summed E-state index contributed by atoms with van der Waals surface area (Å²) in [5.41, 5.74) is 3.81. The second-order valence-corrected chi connectivity index (χ2v) is 7.24. The highest BCUT2D eigenvalue weighted by Crippen LogP contribution is 2.27. The summed E-state index contributed by atoms with van der Waals surface area (Å²) in [6, 6.07) is 16.1. The molecule has 0 aliphatic carbocycles. The van der Waals surface area contributed by atoms with E-state index in [2.05, 4.69) is 43.4 Å². The second-order valence-electron chi connectivity index (χ2n) is 7.24. The van der Waals surface area contributed by atoms with Crippen molar-refractivity contribution in [1.29, 1.82) is 0 Å². The maximum Gasteiger partial charge on any atom is 0.255 e. The number of furan rings is 1. The largest absolute Gasteiger partial charge is 0.460 e. The lowest BCUT2D eigenvalue weighted by atomic mass is 10.1. The Morgan fingerprint density at radius 2 is 1.85 bits per heavy atom. The van der Waals surface area contributed by atoms with Crippen LogP contribution in [-0.4, -0.2) is 24.9 Å². The van der Waals surface area contributed by atoms with Crippen LogP contribution in [0.5, 0.6) is 0 Å². The summed E-state index contributed by atoms with van der Waals surface area (Å²) in [5, 5.41) is 3.97. The Balaban J connectivity index is 1.78. The van der Waals surface area contributed by atoms with Crippen LogP contribution in [0.4, 0.5) is 0 Å². The first-order valence-electron chi connectivity index (χ1n) is 9.59. The molecular formula is C23H28N2O2. The number of unbranched alkanes of at least 4 members (excludes halogenated alkanes) is 1. The highest BCUT2D eigenvalue weighted by atomic mass is 16.3. The van der Waals surface area contributed by atoms with Crippen LogP contribution in [0.25, 0.3) is 11.0 Å². The minimum absolute atomic E-state index is 0.0657. The number of hydrogen-bond acceptors (Lipinski definition) is 3. The van der Waals surface area contributed by atoms with Gasteiger partial charge in [-0.05, 0) is 37.7 Å². The minimum atomic E-state index is -0.0657. The van der Waals surface area contributed by atoms with Crippen LogP contribution in [0.1, 0.15) is 47.0 Å². The van der Waals surface area contributed by atoms with E-state index in [1.54, 1.807) is 0 Å². The van der Waals surface area contributed by atoms with E-state index in [9.17, 15) is 4.79 Å². The summed E-state index contributed by atoms with van der Waals surface area (Å²) in [5.74, 6) is 0.723. The average molecular weight is 364 g/mol. The molecule has 0 unspecified atom stereocenters. The number of rotatable bonds is 8. The SMILES string of the molecule is CCCCc1oc2ccccc2c1C(=O)NCc1cccc(CN(C)C)c1. The van der Waals surface area contributed by atoms with Crippen molar-refractivity contribution in [2.45, 2.75) is 39.3 Å². The Kier molecular flexibility index (Phi) is 6.30. The topological polar surface area (TPSA) is 45.5 Å². The number of nitrogens with one attached hydrogen (secondary N) is 1. The lowest BCUT2D eigenvalue weighted by Crippen LogP contribution is -2.23. The third-order valence-corrected chi connectivity index (χ3v) is 4.60. The monoisotopic (exact) mass is 364 g/mol. The first-order chi connectivity index (χ1) is 13.1. The first-order valence-corrected chi connectivity index (χ1v) is 9.59. The average Bonchev–Trinajstić information content (AvgIpc) is 3.02. The molecule has 0 fully saturated rings. The lowest BCUT2D eigenvalue weighted by molar-refractivity contribution is 0.0950. The number of fused-ring (bicyclic) bond motifs is 1. The van der Waals surface area contributed by atoms with Crippen molar-refractivity contribution in [1.82, 2.24) is 10.2 Å². The van der Waals surface area contributed by atoms with Gasteiger partial charge in [0.05, 0.1) is 5.56 Å². The number of benzene rings is 2. The fourth-order valence-electron chi connectivity index (χ4n) is 3.33. The fourth-order valence-corrected chi connectivity index (χ4v) is 3.33. The highest BCUT2D eigenvalue weighted by molar-refractivity contribution is 6.07. The summed E-state index contributed by atoms with van der Waals surface area (Å²) in [7, 11) is 4.10. The molecule has 3 aromatic rings. The number of aryl methyl sites for hydroxylation is 1. The van der Waals surface area contributed by atoms with Crippen molar-refractivity contribution in [3.8, 4) is 0 Å². The van der Waals surface area contributed by atoms with Gasteiger partial charge in [-0.2, -0.15) is 0 Å². The molecule has 4 nitrogen and oxygen atoms in total. The van der Waals surface area contributed by atoms with Gasteiger partial charge in [0.25, 0.3) is 5.91 Å². The summed E-state index contributed by atoms with van der Waals surface area (Å²) >= 11 is 0. The van der Waals surface area contributed by atoms with Gasteiger partial charge in [0, 0.05) is 24.9 Å². The molecule has 2 aromatic carbocycles. The molecule has 1 aromatic heterocycles. The number of carbonyl (C=O) groups excluding carboxylic acids is 1. The first kappa shape index (κ1) is 19.2. The van der Waals surface area contributed by atoms with Crippen LogP contribution in [0, 0.1) is 0 Å². The molecule has 0 saturated heterocycles. The van der Waals surface area contributed by atoms with Crippen molar-refractivity contribution in [2.24, 2.45) is 0 Å². The molecule has 0 atom stereocenters. The molecular weight excluding hydrogens is 336 g/mol. The highest BCUT2D eigenvalue weighted by Gasteiger charge is 2.20. The van der Waals surface area contributed by atoms with Gasteiger partial charge >= 0.3 is 0 Å². The summed E-state index contributed by atoms with van der Waals surface area (Å²) < 4.78 is 5.97. The Bertz CT molecular complexity index is 912. The van der Waals surface area contributed by atoms with E-state index >= 15 is 0 Å². The van der Waals surface area contributed by atoms with Crippen LogP contribution < -0.4 is 5.32 Å². The van der Waals surface area contributed by atoms with Crippen molar-refractivity contribution < 1.29 is 9.21 Å². The van der Waals surface area contributed by atoms with Crippen molar-refractivity contribution in [2.75, 3.05) is 14.1 Å². The van der Waals surface area contributed by atoms with E-state index in [-0.39, 0.29) is 5.91 Å². The molecule has 1 N–H and O–H groups in total. The van der Waals surface area contributed by atoms with Gasteiger partial charge in [0.2, 0.25) is 0 Å². The molecule has 0 bridgehead atoms. The molecule has 0 aliphatic heterocycles. The molecule has 27 heavy (non-hydrogen) atoms. The second kappa shape index (κ2) is 8.87. The molecule has 0 spiro atoms. The van der Waals surface area contributed by atoms with Gasteiger partial charge in [0.15, 0.2) is 0 Å². The molecule has 4 heteroatoms. The predicted molar refractivity (Wildman–Crippen MR) is 110 cm³/mol. The zero-order valence-electron chi connectivity index (χ0n) is 16.4. The number of amides is 1. The standard InChI is InChI=1S/C23H28N2O2/c1-4-5-12-21-22(19-11-6-7-13-20(19)27-21)23(26)24-15-17-9-8-10-18(14-17)16-25(2)3/h6-11,13-14H,4-5,12,15-16H2,1-3H3,(H,24,26). The summed E-state index contributed by atoms with van der Waals surface area (Å²) in [6.07, 6.45) is 2.86. The third kappa shape index (κ3) is 4.77. The number of carbonyl (C=O) groups is 1. The van der Waals surface area contributed by atoms with E-state index in [1.807, 2.05) is 36.4 Å². The smallest absolute Gasteiger partial charge is 0.255 e. The quantitative estimate of drug-likeness (QED) is 0.626. The number of hydrogen-bond donors (Lipinski definition) is 1. The maximum absolute atomic E-state index is 13.0. The van der Waals surface area contributed by atoms with Crippen molar-refractivity contribution >= 4 is 16.9 Å². The maximum atomic E-state index is 13.0.